The zero-order valence-corrected chi connectivity index (χ0v) is 12.3. The third-order valence-corrected chi connectivity index (χ3v) is 3.87. The highest BCUT2D eigenvalue weighted by molar-refractivity contribution is 6.30. The van der Waals surface area contributed by atoms with Gasteiger partial charge in [-0.1, -0.05) is 29.6 Å². The summed E-state index contributed by atoms with van der Waals surface area (Å²) in [6.45, 7) is -0.137. The van der Waals surface area contributed by atoms with Crippen molar-refractivity contribution in [3.8, 4) is 5.75 Å². The second kappa shape index (κ2) is 6.67. The Morgan fingerprint density at radius 3 is 2.57 bits per heavy atom. The Hall–Kier alpha value is -1.95. The fourth-order valence-corrected chi connectivity index (χ4v) is 2.63. The molecule has 1 fully saturated rings. The number of amidine groups is 1. The van der Waals surface area contributed by atoms with Gasteiger partial charge < -0.3 is 21.0 Å². The molecule has 0 aliphatic heterocycles. The van der Waals surface area contributed by atoms with Gasteiger partial charge in [0.15, 0.2) is 12.4 Å². The van der Waals surface area contributed by atoms with E-state index in [0.29, 0.717) is 23.6 Å². The second-order valence-electron chi connectivity index (χ2n) is 5.07. The van der Waals surface area contributed by atoms with Crippen molar-refractivity contribution in [2.24, 2.45) is 10.9 Å². The molecule has 7 heteroatoms. The molecule has 1 aliphatic carbocycles. The van der Waals surface area contributed by atoms with Crippen LogP contribution >= 0.6 is 11.6 Å². The number of hydrogen-bond acceptors (Lipinski definition) is 4. The van der Waals surface area contributed by atoms with Crippen LogP contribution in [0, 0.1) is 0 Å². The van der Waals surface area contributed by atoms with Crippen LogP contribution in [-0.2, 0) is 4.79 Å². The fourth-order valence-electron chi connectivity index (χ4n) is 2.50. The lowest BCUT2D eigenvalue weighted by atomic mass is 9.96. The van der Waals surface area contributed by atoms with Gasteiger partial charge in [-0.3, -0.25) is 4.79 Å². The highest BCUT2D eigenvalue weighted by Crippen LogP contribution is 2.29. The van der Waals surface area contributed by atoms with Crippen molar-refractivity contribution in [2.45, 2.75) is 31.2 Å². The molecule has 0 heterocycles. The lowest BCUT2D eigenvalue weighted by Crippen LogP contribution is -2.56. The SMILES string of the molecule is N/C(=N/O)C1(NC(=O)COc2ccc(Cl)cc2)CCCC1. The fraction of sp³-hybridized carbons (Fsp3) is 0.429. The number of benzene rings is 1. The number of ether oxygens (including phenoxy) is 1. The third kappa shape index (κ3) is 3.78. The summed E-state index contributed by atoms with van der Waals surface area (Å²) >= 11 is 5.77. The molecule has 0 atom stereocenters. The molecule has 1 aromatic carbocycles. The van der Waals surface area contributed by atoms with Crippen LogP contribution in [0.1, 0.15) is 25.7 Å². The summed E-state index contributed by atoms with van der Waals surface area (Å²) in [5.74, 6) is 0.289. The van der Waals surface area contributed by atoms with Gasteiger partial charge in [0.05, 0.1) is 0 Å². The Kier molecular flexibility index (Phi) is 4.90. The maximum atomic E-state index is 12.0. The van der Waals surface area contributed by atoms with Gasteiger partial charge in [-0.2, -0.15) is 0 Å². The molecule has 1 amide bonds. The van der Waals surface area contributed by atoms with Crippen molar-refractivity contribution in [3.63, 3.8) is 0 Å². The third-order valence-electron chi connectivity index (χ3n) is 3.62. The van der Waals surface area contributed by atoms with Crippen LogP contribution in [0.3, 0.4) is 0 Å². The van der Waals surface area contributed by atoms with Crippen LogP contribution in [0.15, 0.2) is 29.4 Å². The van der Waals surface area contributed by atoms with Gasteiger partial charge in [-0.05, 0) is 37.1 Å². The summed E-state index contributed by atoms with van der Waals surface area (Å²) < 4.78 is 5.38. The molecule has 1 aromatic rings. The van der Waals surface area contributed by atoms with E-state index in [4.69, 9.17) is 27.3 Å². The Labute approximate surface area is 127 Å². The van der Waals surface area contributed by atoms with Gasteiger partial charge in [0.25, 0.3) is 5.91 Å². The average Bonchev–Trinajstić information content (AvgIpc) is 2.95. The standard InChI is InChI=1S/C14H18ClN3O3/c15-10-3-5-11(6-4-10)21-9-12(19)17-14(13(16)18-20)7-1-2-8-14/h3-6,20H,1-2,7-9H2,(H2,16,18)(H,17,19). The molecule has 2 rings (SSSR count). The number of hydrogen-bond donors (Lipinski definition) is 3. The van der Waals surface area contributed by atoms with Gasteiger partial charge in [-0.25, -0.2) is 0 Å². The minimum atomic E-state index is -0.755. The molecular formula is C14H18ClN3O3. The summed E-state index contributed by atoms with van der Waals surface area (Å²) in [6, 6.07) is 6.74. The van der Waals surface area contributed by atoms with E-state index >= 15 is 0 Å². The van der Waals surface area contributed by atoms with Crippen molar-refractivity contribution >= 4 is 23.3 Å². The molecule has 0 saturated heterocycles. The number of carbonyl (C=O) groups excluding carboxylic acids is 1. The number of carbonyl (C=O) groups is 1. The normalized spacial score (nSPS) is 17.5. The molecule has 0 unspecified atom stereocenters. The van der Waals surface area contributed by atoms with Gasteiger partial charge in [0.1, 0.15) is 11.3 Å². The van der Waals surface area contributed by atoms with Crippen LogP contribution in [0.2, 0.25) is 5.02 Å². The average molecular weight is 312 g/mol. The molecule has 1 aliphatic rings. The molecule has 0 spiro atoms. The van der Waals surface area contributed by atoms with Gasteiger partial charge in [0, 0.05) is 5.02 Å². The molecule has 4 N–H and O–H groups in total. The van der Waals surface area contributed by atoms with Crippen molar-refractivity contribution < 1.29 is 14.7 Å². The summed E-state index contributed by atoms with van der Waals surface area (Å²) in [4.78, 5) is 12.0. The molecular weight excluding hydrogens is 294 g/mol. The van der Waals surface area contributed by atoms with Crippen molar-refractivity contribution in [2.75, 3.05) is 6.61 Å². The molecule has 0 aromatic heterocycles. The summed E-state index contributed by atoms with van der Waals surface area (Å²) in [5, 5.41) is 15.3. The molecule has 0 radical (unpaired) electrons. The summed E-state index contributed by atoms with van der Waals surface area (Å²) in [5.41, 5.74) is 4.96. The van der Waals surface area contributed by atoms with Crippen molar-refractivity contribution in [1.29, 1.82) is 0 Å². The first-order valence-corrected chi connectivity index (χ1v) is 7.11. The van der Waals surface area contributed by atoms with Crippen LogP contribution in [0.4, 0.5) is 0 Å². The second-order valence-corrected chi connectivity index (χ2v) is 5.50. The van der Waals surface area contributed by atoms with Gasteiger partial charge in [-0.15, -0.1) is 0 Å². The largest absolute Gasteiger partial charge is 0.484 e. The Balaban J connectivity index is 1.92. The van der Waals surface area contributed by atoms with Crippen LogP contribution in [0.25, 0.3) is 0 Å². The highest BCUT2D eigenvalue weighted by Gasteiger charge is 2.39. The minimum Gasteiger partial charge on any atom is -0.484 e. The monoisotopic (exact) mass is 311 g/mol. The lowest BCUT2D eigenvalue weighted by molar-refractivity contribution is -0.124. The van der Waals surface area contributed by atoms with Crippen molar-refractivity contribution in [3.05, 3.63) is 29.3 Å². The number of rotatable bonds is 5. The van der Waals surface area contributed by atoms with E-state index in [-0.39, 0.29) is 18.3 Å². The van der Waals surface area contributed by atoms with E-state index < -0.39 is 5.54 Å². The number of halogens is 1. The predicted octanol–water partition coefficient (Wildman–Crippen LogP) is 1.89. The van der Waals surface area contributed by atoms with E-state index in [9.17, 15) is 4.79 Å². The smallest absolute Gasteiger partial charge is 0.258 e. The maximum absolute atomic E-state index is 12.0. The van der Waals surface area contributed by atoms with Crippen molar-refractivity contribution in [1.82, 2.24) is 5.32 Å². The Morgan fingerprint density at radius 1 is 1.38 bits per heavy atom. The topological polar surface area (TPSA) is 96.9 Å². The van der Waals surface area contributed by atoms with E-state index in [1.807, 2.05) is 0 Å². The number of nitrogens with zero attached hydrogens (tertiary/aromatic N) is 1. The molecule has 114 valence electrons. The number of nitrogens with two attached hydrogens (primary N) is 1. The first kappa shape index (κ1) is 15.4. The van der Waals surface area contributed by atoms with E-state index in [1.54, 1.807) is 24.3 Å². The molecule has 0 bridgehead atoms. The molecule has 1 saturated carbocycles. The lowest BCUT2D eigenvalue weighted by Gasteiger charge is -2.28. The molecule has 21 heavy (non-hydrogen) atoms. The zero-order valence-electron chi connectivity index (χ0n) is 11.5. The minimum absolute atomic E-state index is 0.0415. The predicted molar refractivity (Wildman–Crippen MR) is 79.7 cm³/mol. The number of nitrogens with one attached hydrogen (secondary N) is 1. The van der Waals surface area contributed by atoms with E-state index in [0.717, 1.165) is 12.8 Å². The first-order valence-electron chi connectivity index (χ1n) is 6.73. The maximum Gasteiger partial charge on any atom is 0.258 e. The van der Waals surface area contributed by atoms with Gasteiger partial charge in [0.2, 0.25) is 0 Å². The Morgan fingerprint density at radius 2 is 2.00 bits per heavy atom. The highest BCUT2D eigenvalue weighted by atomic mass is 35.5. The number of amides is 1. The van der Waals surface area contributed by atoms with E-state index in [1.165, 1.54) is 0 Å². The van der Waals surface area contributed by atoms with E-state index in [2.05, 4.69) is 10.5 Å². The summed E-state index contributed by atoms with van der Waals surface area (Å²) in [6.07, 6.45) is 3.17. The summed E-state index contributed by atoms with van der Waals surface area (Å²) in [7, 11) is 0. The van der Waals surface area contributed by atoms with Gasteiger partial charge >= 0.3 is 0 Å². The first-order chi connectivity index (χ1) is 10.1. The number of oxime groups is 1. The van der Waals surface area contributed by atoms with Crippen LogP contribution in [0.5, 0.6) is 5.75 Å². The van der Waals surface area contributed by atoms with Crippen LogP contribution < -0.4 is 15.8 Å². The van der Waals surface area contributed by atoms with Crippen LogP contribution in [-0.4, -0.2) is 29.1 Å². The zero-order chi connectivity index (χ0) is 15.3. The Bertz CT molecular complexity index is 525. The molecule has 6 nitrogen and oxygen atoms in total. The quantitative estimate of drug-likeness (QED) is 0.335.